The maximum atomic E-state index is 12.9. The van der Waals surface area contributed by atoms with Gasteiger partial charge in [-0.05, 0) is 25.7 Å². The van der Waals surface area contributed by atoms with Crippen LogP contribution < -0.4 is 0 Å². The van der Waals surface area contributed by atoms with Gasteiger partial charge in [0.1, 0.15) is 0 Å². The molecule has 104 valence electrons. The van der Waals surface area contributed by atoms with E-state index in [1.165, 1.54) is 25.7 Å². The molecule has 2 aliphatic rings. The van der Waals surface area contributed by atoms with E-state index in [1.807, 2.05) is 0 Å². The van der Waals surface area contributed by atoms with Crippen LogP contribution in [0.4, 0.5) is 4.39 Å². The third-order valence-corrected chi connectivity index (χ3v) is 3.99. The first-order chi connectivity index (χ1) is 8.79. The molecular formula is C15H25FO2. The molecule has 0 spiro atoms. The zero-order valence-electron chi connectivity index (χ0n) is 11.4. The second-order valence-electron chi connectivity index (χ2n) is 5.58. The zero-order chi connectivity index (χ0) is 12.8. The standard InChI is InChI=1S/C15H25FO2/c1-2-3-4-5-12-10-17-15(18-11-12)13-6-8-14(16)9-7-13/h8,12-13,15H,2-7,9-11H2,1H3. The summed E-state index contributed by atoms with van der Waals surface area (Å²) in [7, 11) is 0. The largest absolute Gasteiger partial charge is 0.352 e. The third kappa shape index (κ3) is 4.06. The van der Waals surface area contributed by atoms with Crippen molar-refractivity contribution in [3.05, 3.63) is 11.9 Å². The Bertz CT molecular complexity index is 270. The van der Waals surface area contributed by atoms with E-state index in [0.717, 1.165) is 26.1 Å². The third-order valence-electron chi connectivity index (χ3n) is 3.99. The molecule has 18 heavy (non-hydrogen) atoms. The zero-order valence-corrected chi connectivity index (χ0v) is 11.4. The van der Waals surface area contributed by atoms with Crippen molar-refractivity contribution >= 4 is 0 Å². The van der Waals surface area contributed by atoms with Gasteiger partial charge in [0.25, 0.3) is 0 Å². The minimum absolute atomic E-state index is 0.0273. The van der Waals surface area contributed by atoms with Crippen LogP contribution >= 0.6 is 0 Å². The van der Waals surface area contributed by atoms with Gasteiger partial charge in [0.2, 0.25) is 0 Å². The van der Waals surface area contributed by atoms with Crippen molar-refractivity contribution in [1.29, 1.82) is 0 Å². The number of hydrogen-bond acceptors (Lipinski definition) is 2. The molecule has 0 N–H and O–H groups in total. The molecule has 0 saturated carbocycles. The lowest BCUT2D eigenvalue weighted by Gasteiger charge is -2.35. The number of rotatable bonds is 5. The summed E-state index contributed by atoms with van der Waals surface area (Å²) in [4.78, 5) is 0. The highest BCUT2D eigenvalue weighted by Crippen LogP contribution is 2.31. The van der Waals surface area contributed by atoms with Crippen molar-refractivity contribution < 1.29 is 13.9 Å². The van der Waals surface area contributed by atoms with Gasteiger partial charge in [0, 0.05) is 11.8 Å². The molecule has 1 fully saturated rings. The Hall–Kier alpha value is -0.410. The van der Waals surface area contributed by atoms with E-state index in [9.17, 15) is 4.39 Å². The summed E-state index contributed by atoms with van der Waals surface area (Å²) in [5.74, 6) is 0.935. The van der Waals surface area contributed by atoms with Crippen LogP contribution in [-0.4, -0.2) is 19.5 Å². The molecule has 0 aromatic carbocycles. The monoisotopic (exact) mass is 256 g/mol. The first-order valence-corrected chi connectivity index (χ1v) is 7.37. The average Bonchev–Trinajstić information content (AvgIpc) is 2.41. The number of halogens is 1. The number of ether oxygens (including phenoxy) is 2. The van der Waals surface area contributed by atoms with Crippen molar-refractivity contribution in [2.75, 3.05) is 13.2 Å². The number of unbranched alkanes of at least 4 members (excludes halogenated alkanes) is 2. The molecule has 1 unspecified atom stereocenters. The van der Waals surface area contributed by atoms with Crippen molar-refractivity contribution in [1.82, 2.24) is 0 Å². The first-order valence-electron chi connectivity index (χ1n) is 7.37. The van der Waals surface area contributed by atoms with Crippen LogP contribution in [0.1, 0.15) is 51.9 Å². The molecular weight excluding hydrogens is 231 g/mol. The highest BCUT2D eigenvalue weighted by atomic mass is 19.1. The average molecular weight is 256 g/mol. The fourth-order valence-electron chi connectivity index (χ4n) is 2.75. The van der Waals surface area contributed by atoms with E-state index in [0.29, 0.717) is 18.3 Å². The lowest BCUT2D eigenvalue weighted by Crippen LogP contribution is -2.37. The van der Waals surface area contributed by atoms with Crippen LogP contribution in [0, 0.1) is 11.8 Å². The van der Waals surface area contributed by atoms with E-state index >= 15 is 0 Å². The van der Waals surface area contributed by atoms with Crippen molar-refractivity contribution in [3.63, 3.8) is 0 Å². The summed E-state index contributed by atoms with van der Waals surface area (Å²) >= 11 is 0. The maximum Gasteiger partial charge on any atom is 0.160 e. The van der Waals surface area contributed by atoms with Crippen molar-refractivity contribution in [2.45, 2.75) is 58.2 Å². The molecule has 1 saturated heterocycles. The molecule has 0 amide bonds. The van der Waals surface area contributed by atoms with Gasteiger partial charge >= 0.3 is 0 Å². The summed E-state index contributed by atoms with van der Waals surface area (Å²) in [6.07, 6.45) is 8.79. The van der Waals surface area contributed by atoms with E-state index in [4.69, 9.17) is 9.47 Å². The maximum absolute atomic E-state index is 12.9. The van der Waals surface area contributed by atoms with Crippen LogP contribution in [0.3, 0.4) is 0 Å². The van der Waals surface area contributed by atoms with E-state index < -0.39 is 0 Å². The Morgan fingerprint density at radius 2 is 2.06 bits per heavy atom. The van der Waals surface area contributed by atoms with Crippen LogP contribution in [-0.2, 0) is 9.47 Å². The van der Waals surface area contributed by atoms with Crippen LogP contribution in [0.5, 0.6) is 0 Å². The normalized spacial score (nSPS) is 33.2. The highest BCUT2D eigenvalue weighted by Gasteiger charge is 2.30. The van der Waals surface area contributed by atoms with Crippen molar-refractivity contribution in [2.24, 2.45) is 11.8 Å². The Balaban J connectivity index is 1.67. The number of allylic oxidation sites excluding steroid dienone is 2. The number of hydrogen-bond donors (Lipinski definition) is 0. The second kappa shape index (κ2) is 7.25. The van der Waals surface area contributed by atoms with Gasteiger partial charge in [-0.1, -0.05) is 32.3 Å². The summed E-state index contributed by atoms with van der Waals surface area (Å²) < 4.78 is 24.6. The van der Waals surface area contributed by atoms with Gasteiger partial charge in [-0.15, -0.1) is 0 Å². The van der Waals surface area contributed by atoms with E-state index in [2.05, 4.69) is 6.92 Å². The molecule has 2 nitrogen and oxygen atoms in total. The predicted molar refractivity (Wildman–Crippen MR) is 69.9 cm³/mol. The molecule has 0 radical (unpaired) electrons. The van der Waals surface area contributed by atoms with Gasteiger partial charge in [0.05, 0.1) is 19.0 Å². The smallest absolute Gasteiger partial charge is 0.160 e. The van der Waals surface area contributed by atoms with Gasteiger partial charge in [-0.25, -0.2) is 4.39 Å². The molecule has 1 aliphatic heterocycles. The predicted octanol–water partition coefficient (Wildman–Crippen LogP) is 4.21. The molecule has 2 rings (SSSR count). The van der Waals surface area contributed by atoms with Crippen molar-refractivity contribution in [3.8, 4) is 0 Å². The van der Waals surface area contributed by atoms with Crippen LogP contribution in [0.15, 0.2) is 11.9 Å². The molecule has 0 aromatic rings. The lowest BCUT2D eigenvalue weighted by atomic mass is 9.92. The first kappa shape index (κ1) is 14.0. The van der Waals surface area contributed by atoms with Gasteiger partial charge in [-0.3, -0.25) is 0 Å². The van der Waals surface area contributed by atoms with E-state index in [1.54, 1.807) is 6.08 Å². The molecule has 3 heteroatoms. The quantitative estimate of drug-likeness (QED) is 0.686. The fourth-order valence-corrected chi connectivity index (χ4v) is 2.75. The minimum atomic E-state index is -0.100. The Labute approximate surface area is 110 Å². The van der Waals surface area contributed by atoms with Gasteiger partial charge in [-0.2, -0.15) is 0 Å². The van der Waals surface area contributed by atoms with Gasteiger partial charge < -0.3 is 9.47 Å². The lowest BCUT2D eigenvalue weighted by molar-refractivity contribution is -0.226. The molecule has 1 aliphatic carbocycles. The summed E-state index contributed by atoms with van der Waals surface area (Å²) in [6.45, 7) is 3.85. The fraction of sp³-hybridized carbons (Fsp3) is 0.867. The van der Waals surface area contributed by atoms with Crippen LogP contribution in [0.2, 0.25) is 0 Å². The topological polar surface area (TPSA) is 18.5 Å². The molecule has 0 aromatic heterocycles. The molecule has 0 bridgehead atoms. The highest BCUT2D eigenvalue weighted by molar-refractivity contribution is 4.98. The van der Waals surface area contributed by atoms with Crippen LogP contribution in [0.25, 0.3) is 0 Å². The second-order valence-corrected chi connectivity index (χ2v) is 5.58. The SMILES string of the molecule is CCCCCC1COC(C2CC=C(F)CC2)OC1. The summed E-state index contributed by atoms with van der Waals surface area (Å²) in [5.41, 5.74) is 0. The summed E-state index contributed by atoms with van der Waals surface area (Å²) in [6, 6.07) is 0. The van der Waals surface area contributed by atoms with E-state index in [-0.39, 0.29) is 12.1 Å². The molecule has 1 atom stereocenters. The Morgan fingerprint density at radius 3 is 2.67 bits per heavy atom. The Morgan fingerprint density at radius 1 is 1.28 bits per heavy atom. The minimum Gasteiger partial charge on any atom is -0.352 e. The summed E-state index contributed by atoms with van der Waals surface area (Å²) in [5, 5.41) is 0. The Kier molecular flexibility index (Phi) is 5.64. The van der Waals surface area contributed by atoms with Gasteiger partial charge in [0.15, 0.2) is 6.29 Å². The molecule has 1 heterocycles.